The number of nitrogens with zero attached hydrogens (tertiary/aromatic N) is 2. The van der Waals surface area contributed by atoms with Gasteiger partial charge in [-0.3, -0.25) is 20.2 Å². The first kappa shape index (κ1) is 15.2. The molecule has 0 aliphatic heterocycles. The summed E-state index contributed by atoms with van der Waals surface area (Å²) in [6.45, 7) is 3.21. The second-order valence-corrected chi connectivity index (χ2v) is 4.92. The maximum absolute atomic E-state index is 11.4. The summed E-state index contributed by atoms with van der Waals surface area (Å²) in [6, 6.07) is 5.54. The number of nitrogen functional groups attached to an aromatic ring is 2. The number of hydrogen-bond acceptors (Lipinski definition) is 6. The van der Waals surface area contributed by atoms with E-state index in [0.717, 1.165) is 0 Å². The Morgan fingerprint density at radius 3 is 2.14 bits per heavy atom. The van der Waals surface area contributed by atoms with Gasteiger partial charge < -0.3 is 11.5 Å². The highest BCUT2D eigenvalue weighted by molar-refractivity contribution is 5.86. The molecule has 2 aromatic carbocycles. The van der Waals surface area contributed by atoms with Crippen molar-refractivity contribution in [2.24, 2.45) is 0 Å². The molecule has 0 heterocycles. The van der Waals surface area contributed by atoms with Gasteiger partial charge >= 0.3 is 0 Å². The third-order valence-corrected chi connectivity index (χ3v) is 3.49. The number of nitro groups is 2. The van der Waals surface area contributed by atoms with E-state index in [1.165, 1.54) is 31.2 Å². The minimum absolute atomic E-state index is 0.136. The molecular weight excluding hydrogens is 288 g/mol. The van der Waals surface area contributed by atoms with Gasteiger partial charge in [0.25, 0.3) is 11.4 Å². The second-order valence-electron chi connectivity index (χ2n) is 4.92. The molecule has 0 aromatic heterocycles. The molecule has 4 N–H and O–H groups in total. The Labute approximate surface area is 125 Å². The van der Waals surface area contributed by atoms with Crippen LogP contribution in [0, 0.1) is 34.1 Å². The Kier molecular flexibility index (Phi) is 3.68. The van der Waals surface area contributed by atoms with E-state index in [1.807, 2.05) is 0 Å². The van der Waals surface area contributed by atoms with Gasteiger partial charge in [-0.15, -0.1) is 0 Å². The zero-order valence-electron chi connectivity index (χ0n) is 12.0. The molecular formula is C14H14N4O4. The van der Waals surface area contributed by atoms with E-state index < -0.39 is 9.85 Å². The van der Waals surface area contributed by atoms with Crippen molar-refractivity contribution in [3.8, 4) is 11.1 Å². The van der Waals surface area contributed by atoms with Crippen molar-refractivity contribution in [3.63, 3.8) is 0 Å². The van der Waals surface area contributed by atoms with E-state index in [0.29, 0.717) is 11.3 Å². The predicted molar refractivity (Wildman–Crippen MR) is 83.5 cm³/mol. The van der Waals surface area contributed by atoms with E-state index in [1.54, 1.807) is 6.92 Å². The van der Waals surface area contributed by atoms with Crippen LogP contribution in [0.5, 0.6) is 0 Å². The molecule has 114 valence electrons. The molecule has 0 unspecified atom stereocenters. The first-order chi connectivity index (χ1) is 10.2. The van der Waals surface area contributed by atoms with Crippen molar-refractivity contribution in [1.82, 2.24) is 0 Å². The highest BCUT2D eigenvalue weighted by atomic mass is 16.6. The topological polar surface area (TPSA) is 138 Å². The summed E-state index contributed by atoms with van der Waals surface area (Å²) >= 11 is 0. The molecule has 0 bridgehead atoms. The van der Waals surface area contributed by atoms with Crippen LogP contribution in [0.2, 0.25) is 0 Å². The Balaban J connectivity index is 2.89. The third-order valence-electron chi connectivity index (χ3n) is 3.49. The zero-order chi connectivity index (χ0) is 16.6. The number of hydrogen-bond donors (Lipinski definition) is 2. The van der Waals surface area contributed by atoms with E-state index in [9.17, 15) is 20.2 Å². The molecule has 0 spiro atoms. The van der Waals surface area contributed by atoms with Gasteiger partial charge in [0.2, 0.25) is 0 Å². The summed E-state index contributed by atoms with van der Waals surface area (Å²) in [7, 11) is 0. The summed E-state index contributed by atoms with van der Waals surface area (Å²) in [5.41, 5.74) is 12.6. The van der Waals surface area contributed by atoms with Gasteiger partial charge in [-0.25, -0.2) is 0 Å². The van der Waals surface area contributed by atoms with Crippen LogP contribution in [0.25, 0.3) is 11.1 Å². The van der Waals surface area contributed by atoms with Crippen LogP contribution in [0.15, 0.2) is 24.3 Å². The monoisotopic (exact) mass is 302 g/mol. The standard InChI is InChI=1S/C14H14N4O4/c1-7-5-11(14(18(21)22)8(2)13(7)16)10-4-3-9(15)6-12(10)17(19)20/h3-6H,15-16H2,1-2H3. The molecule has 0 saturated heterocycles. The molecule has 0 aliphatic rings. The van der Waals surface area contributed by atoms with Gasteiger partial charge in [0.05, 0.1) is 26.5 Å². The molecule has 2 aromatic rings. The number of aryl methyl sites for hydroxylation is 1. The lowest BCUT2D eigenvalue weighted by Gasteiger charge is -2.11. The number of nitro benzene ring substituents is 2. The predicted octanol–water partition coefficient (Wildman–Crippen LogP) is 2.95. The van der Waals surface area contributed by atoms with Crippen molar-refractivity contribution in [2.75, 3.05) is 11.5 Å². The van der Waals surface area contributed by atoms with Crippen LogP contribution in [-0.2, 0) is 0 Å². The first-order valence-corrected chi connectivity index (χ1v) is 6.32. The molecule has 0 fully saturated rings. The van der Waals surface area contributed by atoms with Crippen LogP contribution < -0.4 is 11.5 Å². The molecule has 2 rings (SSSR count). The van der Waals surface area contributed by atoms with Gasteiger partial charge in [0.15, 0.2) is 0 Å². The molecule has 0 aliphatic carbocycles. The largest absolute Gasteiger partial charge is 0.399 e. The third kappa shape index (κ3) is 2.41. The number of benzene rings is 2. The molecule has 8 nitrogen and oxygen atoms in total. The number of anilines is 2. The van der Waals surface area contributed by atoms with Crippen molar-refractivity contribution in [3.05, 3.63) is 55.6 Å². The number of nitrogens with two attached hydrogens (primary N) is 2. The van der Waals surface area contributed by atoms with Crippen molar-refractivity contribution in [2.45, 2.75) is 13.8 Å². The van der Waals surface area contributed by atoms with Crippen LogP contribution in [0.4, 0.5) is 22.7 Å². The van der Waals surface area contributed by atoms with Crippen LogP contribution in [-0.4, -0.2) is 9.85 Å². The highest BCUT2D eigenvalue weighted by Crippen LogP contribution is 2.41. The number of rotatable bonds is 3. The van der Waals surface area contributed by atoms with Gasteiger partial charge in [-0.05, 0) is 37.6 Å². The maximum Gasteiger partial charge on any atom is 0.282 e. The summed E-state index contributed by atoms with van der Waals surface area (Å²) < 4.78 is 0. The molecule has 0 atom stereocenters. The maximum atomic E-state index is 11.4. The second kappa shape index (κ2) is 5.32. The Hall–Kier alpha value is -3.16. The fourth-order valence-corrected chi connectivity index (χ4v) is 2.36. The van der Waals surface area contributed by atoms with Gasteiger partial charge in [0, 0.05) is 17.4 Å². The molecule has 8 heteroatoms. The average molecular weight is 302 g/mol. The van der Waals surface area contributed by atoms with Gasteiger partial charge in [-0.1, -0.05) is 0 Å². The minimum atomic E-state index is -0.615. The van der Waals surface area contributed by atoms with Gasteiger partial charge in [0.1, 0.15) is 0 Å². The Morgan fingerprint density at radius 2 is 1.59 bits per heavy atom. The lowest BCUT2D eigenvalue weighted by molar-refractivity contribution is -0.386. The van der Waals surface area contributed by atoms with Crippen molar-refractivity contribution < 1.29 is 9.85 Å². The summed E-state index contributed by atoms with van der Waals surface area (Å²) in [5, 5.41) is 22.6. The highest BCUT2D eigenvalue weighted by Gasteiger charge is 2.27. The smallest absolute Gasteiger partial charge is 0.282 e. The van der Waals surface area contributed by atoms with E-state index in [4.69, 9.17) is 11.5 Å². The molecule has 0 amide bonds. The fourth-order valence-electron chi connectivity index (χ4n) is 2.36. The first-order valence-electron chi connectivity index (χ1n) is 6.32. The Bertz CT molecular complexity index is 802. The van der Waals surface area contributed by atoms with Crippen LogP contribution in [0.1, 0.15) is 11.1 Å². The van der Waals surface area contributed by atoms with Gasteiger partial charge in [-0.2, -0.15) is 0 Å². The minimum Gasteiger partial charge on any atom is -0.399 e. The average Bonchev–Trinajstić information content (AvgIpc) is 2.43. The fraction of sp³-hybridized carbons (Fsp3) is 0.143. The lowest BCUT2D eigenvalue weighted by atomic mass is 9.95. The van der Waals surface area contributed by atoms with E-state index in [2.05, 4.69) is 0 Å². The lowest BCUT2D eigenvalue weighted by Crippen LogP contribution is -2.03. The summed E-state index contributed by atoms with van der Waals surface area (Å²) in [4.78, 5) is 21.4. The van der Waals surface area contributed by atoms with Crippen LogP contribution >= 0.6 is 0 Å². The SMILES string of the molecule is Cc1cc(-c2ccc(N)cc2[N+](=O)[O-])c([N+](=O)[O-])c(C)c1N. The molecule has 0 saturated carbocycles. The normalized spacial score (nSPS) is 10.5. The molecule has 22 heavy (non-hydrogen) atoms. The molecule has 0 radical (unpaired) electrons. The zero-order valence-corrected chi connectivity index (χ0v) is 12.0. The Morgan fingerprint density at radius 1 is 0.955 bits per heavy atom. The quantitative estimate of drug-likeness (QED) is 0.507. The summed E-state index contributed by atoms with van der Waals surface area (Å²) in [6.07, 6.45) is 0. The van der Waals surface area contributed by atoms with E-state index in [-0.39, 0.29) is 33.8 Å². The van der Waals surface area contributed by atoms with Crippen LogP contribution in [0.3, 0.4) is 0 Å². The van der Waals surface area contributed by atoms with E-state index >= 15 is 0 Å². The summed E-state index contributed by atoms with van der Waals surface area (Å²) in [5.74, 6) is 0. The van der Waals surface area contributed by atoms with Crippen molar-refractivity contribution in [1.29, 1.82) is 0 Å². The van der Waals surface area contributed by atoms with Crippen molar-refractivity contribution >= 4 is 22.7 Å².